The van der Waals surface area contributed by atoms with Crippen molar-refractivity contribution in [3.8, 4) is 22.3 Å². The Bertz CT molecular complexity index is 2120. The van der Waals surface area contributed by atoms with Crippen LogP contribution >= 0.6 is 0 Å². The van der Waals surface area contributed by atoms with E-state index in [0.717, 1.165) is 0 Å². The molecule has 44 heavy (non-hydrogen) atoms. The second-order valence-corrected chi connectivity index (χ2v) is 13.8. The highest BCUT2D eigenvalue weighted by atomic mass is 15.1. The van der Waals surface area contributed by atoms with E-state index < -0.39 is 0 Å². The lowest BCUT2D eigenvalue weighted by Gasteiger charge is -2.31. The van der Waals surface area contributed by atoms with Gasteiger partial charge in [-0.15, -0.1) is 0 Å². The number of anilines is 3. The van der Waals surface area contributed by atoms with E-state index in [1.165, 1.54) is 104 Å². The zero-order valence-corrected chi connectivity index (χ0v) is 25.8. The molecule has 1 fully saturated rings. The van der Waals surface area contributed by atoms with Gasteiger partial charge in [-0.05, 0) is 106 Å². The lowest BCUT2D eigenvalue weighted by atomic mass is 9.76. The summed E-state index contributed by atoms with van der Waals surface area (Å²) in [6.45, 7) is 7.01. The highest BCUT2D eigenvalue weighted by molar-refractivity contribution is 6.01. The molecular weight excluding hydrogens is 530 g/mol. The fraction of sp³-hybridized carbons (Fsp3) is 0.209. The molecule has 1 heteroatoms. The minimum atomic E-state index is -0.0598. The zero-order chi connectivity index (χ0) is 29.6. The van der Waals surface area contributed by atoms with E-state index in [2.05, 4.69) is 147 Å². The first-order chi connectivity index (χ1) is 21.5. The number of fused-ring (bicyclic) bond motifs is 9. The van der Waals surface area contributed by atoms with Gasteiger partial charge in [0.2, 0.25) is 0 Å². The Labute approximate surface area is 260 Å². The van der Waals surface area contributed by atoms with Gasteiger partial charge in [0.25, 0.3) is 0 Å². The maximum Gasteiger partial charge on any atom is 0.0542 e. The lowest BCUT2D eigenvalue weighted by molar-refractivity contribution is 0.550. The summed E-state index contributed by atoms with van der Waals surface area (Å²) in [7, 11) is 0. The van der Waals surface area contributed by atoms with Crippen molar-refractivity contribution in [2.75, 3.05) is 4.90 Å². The van der Waals surface area contributed by atoms with E-state index in [-0.39, 0.29) is 10.8 Å². The molecule has 3 aliphatic carbocycles. The second kappa shape index (κ2) is 9.19. The summed E-state index contributed by atoms with van der Waals surface area (Å²) in [4.78, 5) is 2.54. The monoisotopic (exact) mass is 567 g/mol. The fourth-order valence-corrected chi connectivity index (χ4v) is 9.05. The van der Waals surface area contributed by atoms with Gasteiger partial charge in [0, 0.05) is 27.6 Å². The Balaban J connectivity index is 1.30. The molecule has 9 rings (SSSR count). The molecular formula is C43H37N. The summed E-state index contributed by atoms with van der Waals surface area (Å²) in [5.74, 6) is 0. The molecule has 0 saturated heterocycles. The van der Waals surface area contributed by atoms with Gasteiger partial charge >= 0.3 is 0 Å². The standard InChI is InChI=1S/C43H37N/c1-28-12-10-13-29-14-11-19-40(41(28)29)44(30-20-22-34-32-15-4-6-17-36(32)42(2,3)38(34)26-30)31-21-23-35-33-16-5-7-18-37(33)43(39(35)27-31)24-8-9-25-43/h4-7,10-23,26-27H,8-9,24-25H2,1-3H3. The van der Waals surface area contributed by atoms with Gasteiger partial charge in [0.1, 0.15) is 0 Å². The van der Waals surface area contributed by atoms with Gasteiger partial charge in [0.05, 0.1) is 5.69 Å². The Hall–Kier alpha value is -4.62. The van der Waals surface area contributed by atoms with Crippen LogP contribution in [0.1, 0.15) is 67.3 Å². The quantitative estimate of drug-likeness (QED) is 0.206. The predicted molar refractivity (Wildman–Crippen MR) is 186 cm³/mol. The molecule has 6 aromatic carbocycles. The summed E-state index contributed by atoms with van der Waals surface area (Å²) in [5.41, 5.74) is 16.5. The molecule has 3 aliphatic rings. The van der Waals surface area contributed by atoms with Crippen LogP contribution in [0.2, 0.25) is 0 Å². The molecule has 0 aromatic heterocycles. The maximum absolute atomic E-state index is 2.55. The second-order valence-electron chi connectivity index (χ2n) is 13.8. The number of hydrogen-bond donors (Lipinski definition) is 0. The number of rotatable bonds is 3. The Morgan fingerprint density at radius 1 is 0.523 bits per heavy atom. The lowest BCUT2D eigenvalue weighted by Crippen LogP contribution is -2.21. The van der Waals surface area contributed by atoms with Crippen molar-refractivity contribution in [1.29, 1.82) is 0 Å². The average molecular weight is 568 g/mol. The van der Waals surface area contributed by atoms with Crippen molar-refractivity contribution in [3.63, 3.8) is 0 Å². The number of aryl methyl sites for hydroxylation is 1. The van der Waals surface area contributed by atoms with Crippen LogP contribution in [0.5, 0.6) is 0 Å². The highest BCUT2D eigenvalue weighted by Gasteiger charge is 2.45. The molecule has 0 amide bonds. The van der Waals surface area contributed by atoms with Crippen molar-refractivity contribution in [1.82, 2.24) is 0 Å². The number of nitrogens with zero attached hydrogens (tertiary/aromatic N) is 1. The van der Waals surface area contributed by atoms with Gasteiger partial charge in [0.15, 0.2) is 0 Å². The third kappa shape index (κ3) is 3.41. The molecule has 0 radical (unpaired) electrons. The van der Waals surface area contributed by atoms with E-state index >= 15 is 0 Å². The molecule has 1 nitrogen and oxygen atoms in total. The van der Waals surface area contributed by atoms with Gasteiger partial charge in [-0.2, -0.15) is 0 Å². The van der Waals surface area contributed by atoms with Crippen molar-refractivity contribution < 1.29 is 0 Å². The summed E-state index contributed by atoms with van der Waals surface area (Å²) >= 11 is 0. The van der Waals surface area contributed by atoms with Crippen LogP contribution in [-0.2, 0) is 10.8 Å². The van der Waals surface area contributed by atoms with Crippen LogP contribution in [0, 0.1) is 6.92 Å². The molecule has 0 heterocycles. The Kier molecular flexibility index (Phi) is 5.40. The van der Waals surface area contributed by atoms with E-state index in [1.807, 2.05) is 0 Å². The molecule has 0 aliphatic heterocycles. The third-order valence-corrected chi connectivity index (χ3v) is 11.1. The van der Waals surface area contributed by atoms with Crippen molar-refractivity contribution in [3.05, 3.63) is 149 Å². The topological polar surface area (TPSA) is 3.24 Å². The van der Waals surface area contributed by atoms with Gasteiger partial charge in [-0.1, -0.05) is 118 Å². The van der Waals surface area contributed by atoms with E-state index in [0.29, 0.717) is 0 Å². The van der Waals surface area contributed by atoms with Gasteiger partial charge in [-0.25, -0.2) is 0 Å². The number of hydrogen-bond acceptors (Lipinski definition) is 1. The van der Waals surface area contributed by atoms with E-state index in [4.69, 9.17) is 0 Å². The van der Waals surface area contributed by atoms with Crippen LogP contribution in [0.15, 0.2) is 121 Å². The fourth-order valence-electron chi connectivity index (χ4n) is 9.05. The van der Waals surface area contributed by atoms with E-state index in [1.54, 1.807) is 0 Å². The smallest absolute Gasteiger partial charge is 0.0542 e. The zero-order valence-electron chi connectivity index (χ0n) is 25.8. The van der Waals surface area contributed by atoms with Crippen LogP contribution in [0.25, 0.3) is 33.0 Å². The largest absolute Gasteiger partial charge is 0.310 e. The summed E-state index contributed by atoms with van der Waals surface area (Å²) in [6.07, 6.45) is 5.06. The third-order valence-electron chi connectivity index (χ3n) is 11.1. The van der Waals surface area contributed by atoms with Gasteiger partial charge < -0.3 is 4.90 Å². The molecule has 0 atom stereocenters. The molecule has 0 N–H and O–H groups in total. The average Bonchev–Trinajstić information content (AvgIpc) is 3.71. The minimum absolute atomic E-state index is 0.0598. The summed E-state index contributed by atoms with van der Waals surface area (Å²) in [5, 5.41) is 2.60. The maximum atomic E-state index is 2.55. The number of benzene rings is 6. The first kappa shape index (κ1) is 25.8. The SMILES string of the molecule is Cc1cccc2cccc(N(c3ccc4c(c3)C(C)(C)c3ccccc3-4)c3ccc4c(c3)C3(CCCC3)c3ccccc3-4)c12. The molecule has 214 valence electrons. The molecule has 1 spiro atoms. The minimum Gasteiger partial charge on any atom is -0.310 e. The van der Waals surface area contributed by atoms with Crippen LogP contribution < -0.4 is 4.90 Å². The van der Waals surface area contributed by atoms with Crippen LogP contribution in [-0.4, -0.2) is 0 Å². The normalized spacial score (nSPS) is 16.5. The van der Waals surface area contributed by atoms with Crippen molar-refractivity contribution in [2.24, 2.45) is 0 Å². The molecule has 0 bridgehead atoms. The van der Waals surface area contributed by atoms with Crippen LogP contribution in [0.4, 0.5) is 17.1 Å². The first-order valence-electron chi connectivity index (χ1n) is 16.2. The first-order valence-corrected chi connectivity index (χ1v) is 16.2. The molecule has 1 saturated carbocycles. The Morgan fingerprint density at radius 3 is 1.82 bits per heavy atom. The van der Waals surface area contributed by atoms with Crippen LogP contribution in [0.3, 0.4) is 0 Å². The van der Waals surface area contributed by atoms with E-state index in [9.17, 15) is 0 Å². The summed E-state index contributed by atoms with van der Waals surface area (Å²) in [6, 6.07) is 46.1. The highest BCUT2D eigenvalue weighted by Crippen LogP contribution is 2.58. The Morgan fingerprint density at radius 2 is 1.09 bits per heavy atom. The van der Waals surface area contributed by atoms with Gasteiger partial charge in [-0.3, -0.25) is 0 Å². The summed E-state index contributed by atoms with van der Waals surface area (Å²) < 4.78 is 0. The molecule has 0 unspecified atom stereocenters. The predicted octanol–water partition coefficient (Wildman–Crippen LogP) is 11.8. The van der Waals surface area contributed by atoms with Crippen molar-refractivity contribution >= 4 is 27.8 Å². The molecule has 6 aromatic rings. The van der Waals surface area contributed by atoms with Crippen molar-refractivity contribution in [2.45, 2.75) is 57.3 Å².